The van der Waals surface area contributed by atoms with Gasteiger partial charge in [0.1, 0.15) is 0 Å². The third kappa shape index (κ3) is 3.37. The van der Waals surface area contributed by atoms with E-state index < -0.39 is 0 Å². The molecule has 2 heteroatoms. The van der Waals surface area contributed by atoms with Gasteiger partial charge in [0.25, 0.3) is 0 Å². The van der Waals surface area contributed by atoms with E-state index in [-0.39, 0.29) is 0 Å². The van der Waals surface area contributed by atoms with Gasteiger partial charge < -0.3 is 10.2 Å². The summed E-state index contributed by atoms with van der Waals surface area (Å²) in [6.45, 7) is 8.40. The highest BCUT2D eigenvalue weighted by Crippen LogP contribution is 2.24. The summed E-state index contributed by atoms with van der Waals surface area (Å²) in [5.74, 6) is 0.762. The first-order valence-electron chi connectivity index (χ1n) is 7.85. The van der Waals surface area contributed by atoms with E-state index in [0.717, 1.165) is 19.0 Å². The molecule has 1 aliphatic carbocycles. The zero-order valence-electron chi connectivity index (χ0n) is 12.1. The van der Waals surface area contributed by atoms with E-state index in [1.54, 1.807) is 16.7 Å². The lowest BCUT2D eigenvalue weighted by atomic mass is 9.97. The average molecular weight is 258 g/mol. The van der Waals surface area contributed by atoms with Crippen LogP contribution < -0.4 is 5.32 Å². The highest BCUT2D eigenvalue weighted by Gasteiger charge is 2.15. The number of rotatable bonds is 4. The Morgan fingerprint density at radius 2 is 1.95 bits per heavy atom. The maximum atomic E-state index is 3.42. The Morgan fingerprint density at radius 1 is 1.16 bits per heavy atom. The summed E-state index contributed by atoms with van der Waals surface area (Å²) in [5, 5.41) is 3.42. The molecule has 1 aliphatic heterocycles. The lowest BCUT2D eigenvalue weighted by Gasteiger charge is -2.29. The Kier molecular flexibility index (Phi) is 4.19. The van der Waals surface area contributed by atoms with Crippen LogP contribution >= 0.6 is 0 Å². The maximum Gasteiger partial charge on any atom is 0.0107 e. The van der Waals surface area contributed by atoms with Crippen molar-refractivity contribution in [3.8, 4) is 0 Å². The van der Waals surface area contributed by atoms with Crippen molar-refractivity contribution in [2.75, 3.05) is 32.7 Å². The van der Waals surface area contributed by atoms with Crippen molar-refractivity contribution >= 4 is 0 Å². The van der Waals surface area contributed by atoms with Crippen LogP contribution in [0, 0.1) is 5.92 Å². The molecule has 1 aromatic rings. The number of aryl methyl sites for hydroxylation is 2. The molecule has 2 nitrogen and oxygen atoms in total. The van der Waals surface area contributed by atoms with Crippen LogP contribution in [0.1, 0.15) is 30.0 Å². The van der Waals surface area contributed by atoms with Gasteiger partial charge in [0.2, 0.25) is 0 Å². The SMILES string of the molecule is CC(Cc1ccc2c(c1)CCC2)CN1CCNCC1. The molecular weight excluding hydrogens is 232 g/mol. The molecule has 0 radical (unpaired) electrons. The van der Waals surface area contributed by atoms with Crippen molar-refractivity contribution < 1.29 is 0 Å². The second-order valence-corrected chi connectivity index (χ2v) is 6.32. The van der Waals surface area contributed by atoms with Crippen molar-refractivity contribution in [3.63, 3.8) is 0 Å². The van der Waals surface area contributed by atoms with Crippen LogP contribution in [-0.2, 0) is 19.3 Å². The fourth-order valence-corrected chi connectivity index (χ4v) is 3.55. The molecule has 19 heavy (non-hydrogen) atoms. The number of nitrogens with one attached hydrogen (secondary N) is 1. The summed E-state index contributed by atoms with van der Waals surface area (Å²) in [6, 6.07) is 7.20. The Morgan fingerprint density at radius 3 is 2.79 bits per heavy atom. The van der Waals surface area contributed by atoms with E-state index in [4.69, 9.17) is 0 Å². The molecule has 1 heterocycles. The van der Waals surface area contributed by atoms with Gasteiger partial charge in [-0.05, 0) is 48.3 Å². The van der Waals surface area contributed by atoms with E-state index in [1.165, 1.54) is 45.3 Å². The number of piperazine rings is 1. The number of hydrogen-bond donors (Lipinski definition) is 1. The van der Waals surface area contributed by atoms with Gasteiger partial charge in [-0.25, -0.2) is 0 Å². The highest BCUT2D eigenvalue weighted by atomic mass is 15.2. The molecule has 0 spiro atoms. The predicted octanol–water partition coefficient (Wildman–Crippen LogP) is 2.26. The zero-order chi connectivity index (χ0) is 13.1. The fourth-order valence-electron chi connectivity index (χ4n) is 3.55. The first kappa shape index (κ1) is 13.1. The predicted molar refractivity (Wildman–Crippen MR) is 80.6 cm³/mol. The summed E-state index contributed by atoms with van der Waals surface area (Å²) in [4.78, 5) is 2.61. The Labute approximate surface area is 117 Å². The summed E-state index contributed by atoms with van der Waals surface area (Å²) >= 11 is 0. The minimum Gasteiger partial charge on any atom is -0.314 e. The molecule has 1 unspecified atom stereocenters. The van der Waals surface area contributed by atoms with E-state index in [9.17, 15) is 0 Å². The van der Waals surface area contributed by atoms with Gasteiger partial charge >= 0.3 is 0 Å². The second kappa shape index (κ2) is 6.06. The summed E-state index contributed by atoms with van der Waals surface area (Å²) in [5.41, 5.74) is 4.76. The van der Waals surface area contributed by atoms with Crippen LogP contribution in [0.15, 0.2) is 18.2 Å². The Bertz CT molecular complexity index is 421. The smallest absolute Gasteiger partial charge is 0.0107 e. The largest absolute Gasteiger partial charge is 0.314 e. The van der Waals surface area contributed by atoms with Crippen molar-refractivity contribution in [1.82, 2.24) is 10.2 Å². The molecule has 1 N–H and O–H groups in total. The van der Waals surface area contributed by atoms with Crippen molar-refractivity contribution in [3.05, 3.63) is 34.9 Å². The normalized spacial score (nSPS) is 21.3. The number of fused-ring (bicyclic) bond motifs is 1. The molecule has 1 atom stereocenters. The number of nitrogens with zero attached hydrogens (tertiary/aromatic N) is 1. The molecule has 3 rings (SSSR count). The second-order valence-electron chi connectivity index (χ2n) is 6.32. The van der Waals surface area contributed by atoms with E-state index in [1.807, 2.05) is 0 Å². The molecular formula is C17H26N2. The van der Waals surface area contributed by atoms with E-state index in [2.05, 4.69) is 35.3 Å². The van der Waals surface area contributed by atoms with Crippen molar-refractivity contribution in [1.29, 1.82) is 0 Å². The molecule has 0 aromatic heterocycles. The lowest BCUT2D eigenvalue weighted by molar-refractivity contribution is 0.211. The third-order valence-electron chi connectivity index (χ3n) is 4.53. The fraction of sp³-hybridized carbons (Fsp3) is 0.647. The standard InChI is InChI=1S/C17H26N2/c1-14(13-19-9-7-18-8-10-19)11-15-5-6-16-3-2-4-17(16)12-15/h5-6,12,14,18H,2-4,7-11,13H2,1H3. The van der Waals surface area contributed by atoms with Gasteiger partial charge in [0, 0.05) is 32.7 Å². The van der Waals surface area contributed by atoms with Gasteiger partial charge in [-0.15, -0.1) is 0 Å². The maximum absolute atomic E-state index is 3.42. The lowest BCUT2D eigenvalue weighted by Crippen LogP contribution is -2.45. The number of hydrogen-bond acceptors (Lipinski definition) is 2. The molecule has 1 aromatic carbocycles. The summed E-state index contributed by atoms with van der Waals surface area (Å²) in [7, 11) is 0. The van der Waals surface area contributed by atoms with Gasteiger partial charge in [-0.3, -0.25) is 0 Å². The molecule has 0 bridgehead atoms. The first-order chi connectivity index (χ1) is 9.31. The molecule has 1 fully saturated rings. The van der Waals surface area contributed by atoms with Crippen molar-refractivity contribution in [2.45, 2.75) is 32.6 Å². The van der Waals surface area contributed by atoms with Gasteiger partial charge in [-0.2, -0.15) is 0 Å². The molecule has 2 aliphatic rings. The number of benzene rings is 1. The third-order valence-corrected chi connectivity index (χ3v) is 4.53. The average Bonchev–Trinajstić information content (AvgIpc) is 2.87. The quantitative estimate of drug-likeness (QED) is 0.891. The van der Waals surface area contributed by atoms with Crippen LogP contribution in [-0.4, -0.2) is 37.6 Å². The molecule has 1 saturated heterocycles. The van der Waals surface area contributed by atoms with Gasteiger partial charge in [0.05, 0.1) is 0 Å². The van der Waals surface area contributed by atoms with Crippen LogP contribution in [0.5, 0.6) is 0 Å². The topological polar surface area (TPSA) is 15.3 Å². The van der Waals surface area contributed by atoms with Crippen LogP contribution in [0.25, 0.3) is 0 Å². The van der Waals surface area contributed by atoms with Crippen LogP contribution in [0.3, 0.4) is 0 Å². The molecule has 0 saturated carbocycles. The molecule has 104 valence electrons. The zero-order valence-corrected chi connectivity index (χ0v) is 12.1. The highest BCUT2D eigenvalue weighted by molar-refractivity contribution is 5.35. The van der Waals surface area contributed by atoms with E-state index >= 15 is 0 Å². The Balaban J connectivity index is 1.55. The van der Waals surface area contributed by atoms with E-state index in [0.29, 0.717) is 0 Å². The monoisotopic (exact) mass is 258 g/mol. The van der Waals surface area contributed by atoms with Gasteiger partial charge in [-0.1, -0.05) is 25.1 Å². The van der Waals surface area contributed by atoms with Crippen LogP contribution in [0.2, 0.25) is 0 Å². The summed E-state index contributed by atoms with van der Waals surface area (Å²) in [6.07, 6.45) is 5.19. The first-order valence-corrected chi connectivity index (χ1v) is 7.85. The summed E-state index contributed by atoms with van der Waals surface area (Å²) < 4.78 is 0. The van der Waals surface area contributed by atoms with Crippen molar-refractivity contribution in [2.24, 2.45) is 5.92 Å². The Hall–Kier alpha value is -0.860. The van der Waals surface area contributed by atoms with Gasteiger partial charge in [0.15, 0.2) is 0 Å². The minimum absolute atomic E-state index is 0.762. The minimum atomic E-state index is 0.762. The molecule has 0 amide bonds. The van der Waals surface area contributed by atoms with Crippen LogP contribution in [0.4, 0.5) is 0 Å².